The number of benzene rings is 1. The third-order valence-corrected chi connectivity index (χ3v) is 3.31. The molecule has 0 saturated carbocycles. The van der Waals surface area contributed by atoms with Gasteiger partial charge in [0.15, 0.2) is 0 Å². The molecule has 0 aromatic heterocycles. The van der Waals surface area contributed by atoms with Crippen LogP contribution in [-0.2, 0) is 11.3 Å². The van der Waals surface area contributed by atoms with Crippen molar-refractivity contribution < 1.29 is 4.79 Å². The minimum atomic E-state index is 0.113. The number of anilines is 1. The molecule has 0 aliphatic heterocycles. The summed E-state index contributed by atoms with van der Waals surface area (Å²) in [5.41, 5.74) is 2.10. The fraction of sp³-hybridized carbons (Fsp3) is 0.562. The van der Waals surface area contributed by atoms with E-state index in [0.717, 1.165) is 38.0 Å². The van der Waals surface area contributed by atoms with Crippen LogP contribution in [0.15, 0.2) is 24.3 Å². The first-order valence-corrected chi connectivity index (χ1v) is 7.31. The van der Waals surface area contributed by atoms with Gasteiger partial charge in [-0.3, -0.25) is 4.79 Å². The molecule has 0 bridgehead atoms. The van der Waals surface area contributed by atoms with Crippen molar-refractivity contribution in [1.29, 1.82) is 0 Å². The molecule has 0 spiro atoms. The number of nitrogens with one attached hydrogen (secondary N) is 2. The summed E-state index contributed by atoms with van der Waals surface area (Å²) in [5, 5.41) is 6.37. The van der Waals surface area contributed by atoms with Crippen molar-refractivity contribution in [3.8, 4) is 0 Å². The highest BCUT2D eigenvalue weighted by Gasteiger charge is 2.13. The van der Waals surface area contributed by atoms with Gasteiger partial charge in [0, 0.05) is 18.2 Å². The van der Waals surface area contributed by atoms with Gasteiger partial charge in [-0.25, -0.2) is 0 Å². The highest BCUT2D eigenvalue weighted by atomic mass is 16.1. The first-order valence-electron chi connectivity index (χ1n) is 7.31. The Kier molecular flexibility index (Phi) is 7.19. The number of amides is 1. The molecule has 19 heavy (non-hydrogen) atoms. The van der Waals surface area contributed by atoms with Gasteiger partial charge in [-0.05, 0) is 43.5 Å². The van der Waals surface area contributed by atoms with E-state index in [9.17, 15) is 4.79 Å². The zero-order chi connectivity index (χ0) is 14.1. The third kappa shape index (κ3) is 5.43. The van der Waals surface area contributed by atoms with Crippen molar-refractivity contribution in [2.75, 3.05) is 11.9 Å². The molecule has 0 saturated heterocycles. The second-order valence-corrected chi connectivity index (χ2v) is 4.88. The minimum Gasteiger partial charge on any atom is -0.326 e. The maximum atomic E-state index is 12.0. The summed E-state index contributed by atoms with van der Waals surface area (Å²) in [6, 6.07) is 8.06. The Bertz CT molecular complexity index is 386. The van der Waals surface area contributed by atoms with E-state index in [0.29, 0.717) is 0 Å². The van der Waals surface area contributed by atoms with Gasteiger partial charge in [0.1, 0.15) is 0 Å². The first-order chi connectivity index (χ1) is 9.21. The van der Waals surface area contributed by atoms with E-state index in [1.165, 1.54) is 5.56 Å². The lowest BCUT2D eigenvalue weighted by Gasteiger charge is -2.13. The average Bonchev–Trinajstić information content (AvgIpc) is 2.41. The number of hydrogen-bond acceptors (Lipinski definition) is 2. The molecule has 1 amide bonds. The molecule has 3 nitrogen and oxygen atoms in total. The fourth-order valence-corrected chi connectivity index (χ4v) is 2.07. The molecule has 0 atom stereocenters. The lowest BCUT2D eigenvalue weighted by molar-refractivity contribution is -0.120. The zero-order valence-corrected chi connectivity index (χ0v) is 12.3. The second-order valence-electron chi connectivity index (χ2n) is 4.88. The Morgan fingerprint density at radius 3 is 2.58 bits per heavy atom. The fourth-order valence-electron chi connectivity index (χ4n) is 2.07. The normalized spacial score (nSPS) is 10.7. The maximum absolute atomic E-state index is 12.0. The van der Waals surface area contributed by atoms with Crippen LogP contribution in [0, 0.1) is 5.92 Å². The molecule has 1 aromatic rings. The van der Waals surface area contributed by atoms with Gasteiger partial charge in [-0.1, -0.05) is 32.9 Å². The van der Waals surface area contributed by atoms with Crippen molar-refractivity contribution in [3.05, 3.63) is 29.8 Å². The molecule has 0 aliphatic rings. The van der Waals surface area contributed by atoms with E-state index in [2.05, 4.69) is 37.5 Å². The minimum absolute atomic E-state index is 0.113. The van der Waals surface area contributed by atoms with Crippen LogP contribution in [-0.4, -0.2) is 12.5 Å². The largest absolute Gasteiger partial charge is 0.326 e. The molecular weight excluding hydrogens is 236 g/mol. The number of hydrogen-bond donors (Lipinski definition) is 2. The Labute approximate surface area is 116 Å². The summed E-state index contributed by atoms with van der Waals surface area (Å²) in [4.78, 5) is 12.0. The van der Waals surface area contributed by atoms with E-state index in [4.69, 9.17) is 0 Å². The Hall–Kier alpha value is -1.35. The van der Waals surface area contributed by atoms with Crippen molar-refractivity contribution in [1.82, 2.24) is 5.32 Å². The van der Waals surface area contributed by atoms with Crippen LogP contribution in [0.2, 0.25) is 0 Å². The summed E-state index contributed by atoms with van der Waals surface area (Å²) >= 11 is 0. The van der Waals surface area contributed by atoms with Crippen LogP contribution in [0.1, 0.15) is 45.6 Å². The predicted molar refractivity (Wildman–Crippen MR) is 81.1 cm³/mol. The standard InChI is InChI=1S/C16H26N2O/c1-4-10-17-12-13-8-7-9-15(11-13)18-16(19)14(5-2)6-3/h7-9,11,14,17H,4-6,10,12H2,1-3H3,(H,18,19). The van der Waals surface area contributed by atoms with E-state index in [-0.39, 0.29) is 11.8 Å². The molecule has 2 N–H and O–H groups in total. The summed E-state index contributed by atoms with van der Waals surface area (Å²) < 4.78 is 0. The molecule has 0 fully saturated rings. The van der Waals surface area contributed by atoms with Crippen molar-refractivity contribution in [3.63, 3.8) is 0 Å². The van der Waals surface area contributed by atoms with Gasteiger partial charge in [-0.15, -0.1) is 0 Å². The SMILES string of the molecule is CCCNCc1cccc(NC(=O)C(CC)CC)c1. The molecule has 0 unspecified atom stereocenters. The van der Waals surface area contributed by atoms with Gasteiger partial charge < -0.3 is 10.6 Å². The Morgan fingerprint density at radius 2 is 1.95 bits per heavy atom. The second kappa shape index (κ2) is 8.70. The monoisotopic (exact) mass is 262 g/mol. The Morgan fingerprint density at radius 1 is 1.21 bits per heavy atom. The van der Waals surface area contributed by atoms with Crippen molar-refractivity contribution in [2.24, 2.45) is 5.92 Å². The van der Waals surface area contributed by atoms with Crippen molar-refractivity contribution in [2.45, 2.75) is 46.6 Å². The lowest BCUT2D eigenvalue weighted by atomic mass is 10.0. The summed E-state index contributed by atoms with van der Waals surface area (Å²) in [6.07, 6.45) is 2.91. The molecule has 1 rings (SSSR count). The van der Waals surface area contributed by atoms with Gasteiger partial charge >= 0.3 is 0 Å². The Balaban J connectivity index is 2.58. The van der Waals surface area contributed by atoms with Gasteiger partial charge in [-0.2, -0.15) is 0 Å². The van der Waals surface area contributed by atoms with E-state index in [1.807, 2.05) is 18.2 Å². The summed E-state index contributed by atoms with van der Waals surface area (Å²) in [5.74, 6) is 0.241. The number of carbonyl (C=O) groups is 1. The molecule has 0 heterocycles. The molecule has 3 heteroatoms. The zero-order valence-electron chi connectivity index (χ0n) is 12.3. The third-order valence-electron chi connectivity index (χ3n) is 3.31. The van der Waals surface area contributed by atoms with Gasteiger partial charge in [0.25, 0.3) is 0 Å². The first kappa shape index (κ1) is 15.7. The lowest BCUT2D eigenvalue weighted by Crippen LogP contribution is -2.21. The molecule has 0 aliphatic carbocycles. The molecular formula is C16H26N2O. The van der Waals surface area contributed by atoms with Crippen LogP contribution >= 0.6 is 0 Å². The van der Waals surface area contributed by atoms with Gasteiger partial charge in [0.05, 0.1) is 0 Å². The van der Waals surface area contributed by atoms with Crippen LogP contribution < -0.4 is 10.6 Å². The summed E-state index contributed by atoms with van der Waals surface area (Å²) in [6.45, 7) is 8.13. The molecule has 106 valence electrons. The summed E-state index contributed by atoms with van der Waals surface area (Å²) in [7, 11) is 0. The smallest absolute Gasteiger partial charge is 0.227 e. The number of carbonyl (C=O) groups excluding carboxylic acids is 1. The van der Waals surface area contributed by atoms with E-state index < -0.39 is 0 Å². The molecule has 1 aromatic carbocycles. The predicted octanol–water partition coefficient (Wildman–Crippen LogP) is 3.56. The van der Waals surface area contributed by atoms with Gasteiger partial charge in [0.2, 0.25) is 5.91 Å². The number of rotatable bonds is 8. The molecule has 0 radical (unpaired) electrons. The highest BCUT2D eigenvalue weighted by molar-refractivity contribution is 5.92. The maximum Gasteiger partial charge on any atom is 0.227 e. The topological polar surface area (TPSA) is 41.1 Å². The van der Waals surface area contributed by atoms with Crippen LogP contribution in [0.25, 0.3) is 0 Å². The average molecular weight is 262 g/mol. The van der Waals surface area contributed by atoms with Crippen LogP contribution in [0.5, 0.6) is 0 Å². The van der Waals surface area contributed by atoms with Crippen LogP contribution in [0.3, 0.4) is 0 Å². The highest BCUT2D eigenvalue weighted by Crippen LogP contribution is 2.14. The quantitative estimate of drug-likeness (QED) is 0.703. The van der Waals surface area contributed by atoms with Crippen molar-refractivity contribution >= 4 is 11.6 Å². The van der Waals surface area contributed by atoms with E-state index in [1.54, 1.807) is 0 Å². The van der Waals surface area contributed by atoms with Crippen LogP contribution in [0.4, 0.5) is 5.69 Å². The van der Waals surface area contributed by atoms with E-state index >= 15 is 0 Å².